The summed E-state index contributed by atoms with van der Waals surface area (Å²) in [6.07, 6.45) is 0. The van der Waals surface area contributed by atoms with Crippen molar-refractivity contribution in [2.45, 2.75) is 19.8 Å². The van der Waals surface area contributed by atoms with Gasteiger partial charge in [0, 0.05) is 17.8 Å². The van der Waals surface area contributed by atoms with Crippen molar-refractivity contribution in [3.8, 4) is 5.75 Å². The normalized spacial score (nSPS) is 15.3. The number of ether oxygens (including phenoxy) is 3. The van der Waals surface area contributed by atoms with Gasteiger partial charge in [0.1, 0.15) is 19.0 Å². The van der Waals surface area contributed by atoms with E-state index in [2.05, 4.69) is 5.32 Å². The Morgan fingerprint density at radius 3 is 2.40 bits per heavy atom. The molecule has 2 aromatic rings. The number of aliphatic hydroxyl groups excluding tert-OH is 1. The highest BCUT2D eigenvalue weighted by atomic mass is 16.6. The average Bonchev–Trinajstić information content (AvgIpc) is 2.86. The second kappa shape index (κ2) is 11.8. The van der Waals surface area contributed by atoms with Crippen molar-refractivity contribution < 1.29 is 33.8 Å². The molecule has 0 saturated heterocycles. The van der Waals surface area contributed by atoms with Crippen LogP contribution in [0.25, 0.3) is 0 Å². The molecule has 1 aliphatic rings. The lowest BCUT2D eigenvalue weighted by Crippen LogP contribution is -2.34. The number of nitro groups is 1. The first kappa shape index (κ1) is 25.4. The number of benzene rings is 2. The molecule has 1 aliphatic heterocycles. The number of nitrogens with one attached hydrogen (secondary N) is 1. The number of aliphatic hydroxyl groups is 1. The molecule has 184 valence electrons. The highest BCUT2D eigenvalue weighted by molar-refractivity contribution is 6.00. The van der Waals surface area contributed by atoms with Gasteiger partial charge >= 0.3 is 11.9 Å². The molecule has 3 rings (SSSR count). The van der Waals surface area contributed by atoms with Crippen LogP contribution in [0.1, 0.15) is 25.3 Å². The number of carbonyl (C=O) groups excluding carboxylic acids is 2. The molecule has 0 saturated carbocycles. The van der Waals surface area contributed by atoms with Gasteiger partial charge in [-0.1, -0.05) is 30.3 Å². The monoisotopic (exact) mass is 482 g/mol. The summed E-state index contributed by atoms with van der Waals surface area (Å²) in [4.78, 5) is 36.9. The molecule has 1 atom stereocenters. The van der Waals surface area contributed by atoms with E-state index in [1.165, 1.54) is 18.2 Å². The summed E-state index contributed by atoms with van der Waals surface area (Å²) in [5, 5.41) is 24.2. The molecule has 0 aromatic heterocycles. The van der Waals surface area contributed by atoms with Gasteiger partial charge in [0.25, 0.3) is 5.69 Å². The van der Waals surface area contributed by atoms with E-state index < -0.39 is 29.4 Å². The Kier molecular flexibility index (Phi) is 8.58. The maximum Gasteiger partial charge on any atom is 0.336 e. The molecular formula is C25H26N2O8. The zero-order valence-corrected chi connectivity index (χ0v) is 19.4. The van der Waals surface area contributed by atoms with Crippen LogP contribution in [0.2, 0.25) is 0 Å². The smallest absolute Gasteiger partial charge is 0.336 e. The number of esters is 2. The lowest BCUT2D eigenvalue weighted by atomic mass is 9.80. The van der Waals surface area contributed by atoms with Gasteiger partial charge in [-0.15, -0.1) is 0 Å². The second-order valence-electron chi connectivity index (χ2n) is 7.52. The minimum Gasteiger partial charge on any atom is -0.490 e. The van der Waals surface area contributed by atoms with Crippen molar-refractivity contribution in [1.82, 2.24) is 5.32 Å². The van der Waals surface area contributed by atoms with Crippen LogP contribution < -0.4 is 10.1 Å². The number of hydrogen-bond acceptors (Lipinski definition) is 9. The van der Waals surface area contributed by atoms with Gasteiger partial charge in [0.05, 0.1) is 40.9 Å². The lowest BCUT2D eigenvalue weighted by Gasteiger charge is -2.31. The number of dihydropyridines is 1. The molecule has 0 amide bonds. The standard InChI is InChI=1S/C25H26N2O8/c1-3-33-25(30)23-20(15-28)26-16(2)21(22(23)17-8-7-9-18(14-17)27(31)32)24(29)35-13-12-34-19-10-5-4-6-11-19/h4-11,14,22,26,28H,3,12-13,15H2,1-2H3. The fourth-order valence-electron chi connectivity index (χ4n) is 3.78. The summed E-state index contributed by atoms with van der Waals surface area (Å²) in [6.45, 7) is 2.76. The van der Waals surface area contributed by atoms with Crippen LogP contribution in [0.15, 0.2) is 77.1 Å². The van der Waals surface area contributed by atoms with Crippen LogP contribution in [0.5, 0.6) is 5.75 Å². The number of non-ortho nitro benzene ring substituents is 1. The second-order valence-corrected chi connectivity index (χ2v) is 7.52. The maximum absolute atomic E-state index is 13.2. The van der Waals surface area contributed by atoms with Crippen molar-refractivity contribution in [3.63, 3.8) is 0 Å². The van der Waals surface area contributed by atoms with Crippen molar-refractivity contribution in [1.29, 1.82) is 0 Å². The Bertz CT molecular complexity index is 1160. The van der Waals surface area contributed by atoms with Crippen molar-refractivity contribution in [2.75, 3.05) is 26.4 Å². The van der Waals surface area contributed by atoms with E-state index in [9.17, 15) is 24.8 Å². The third-order valence-corrected chi connectivity index (χ3v) is 5.26. The van der Waals surface area contributed by atoms with Gasteiger partial charge in [-0.2, -0.15) is 0 Å². The number of nitrogens with zero attached hydrogens (tertiary/aromatic N) is 1. The van der Waals surface area contributed by atoms with Gasteiger partial charge in [-0.3, -0.25) is 10.1 Å². The van der Waals surface area contributed by atoms with E-state index in [1.807, 2.05) is 18.2 Å². The van der Waals surface area contributed by atoms with Crippen LogP contribution in [-0.2, 0) is 19.1 Å². The Balaban J connectivity index is 1.94. The van der Waals surface area contributed by atoms with Gasteiger partial charge in [0.2, 0.25) is 0 Å². The van der Waals surface area contributed by atoms with Crippen LogP contribution in [0.4, 0.5) is 5.69 Å². The average molecular weight is 482 g/mol. The summed E-state index contributed by atoms with van der Waals surface area (Å²) in [6, 6.07) is 14.6. The topological polar surface area (TPSA) is 137 Å². The van der Waals surface area contributed by atoms with E-state index in [0.717, 1.165) is 0 Å². The molecule has 1 heterocycles. The van der Waals surface area contributed by atoms with Gasteiger partial charge < -0.3 is 24.6 Å². The van der Waals surface area contributed by atoms with E-state index in [-0.39, 0.29) is 42.4 Å². The number of para-hydroxylation sites is 1. The van der Waals surface area contributed by atoms with E-state index in [0.29, 0.717) is 17.0 Å². The number of carbonyl (C=O) groups is 2. The minimum atomic E-state index is -1.06. The predicted octanol–water partition coefficient (Wildman–Crippen LogP) is 2.99. The van der Waals surface area contributed by atoms with Gasteiger partial charge in [-0.05, 0) is 31.5 Å². The van der Waals surface area contributed by atoms with Crippen LogP contribution in [0.3, 0.4) is 0 Å². The van der Waals surface area contributed by atoms with E-state index in [1.54, 1.807) is 32.0 Å². The number of nitro benzene ring substituents is 1. The first-order valence-corrected chi connectivity index (χ1v) is 11.0. The Labute approximate surface area is 202 Å². The molecule has 0 aliphatic carbocycles. The molecule has 0 radical (unpaired) electrons. The summed E-state index contributed by atoms with van der Waals surface area (Å²) in [5.74, 6) is -1.93. The molecule has 10 heteroatoms. The fourth-order valence-corrected chi connectivity index (χ4v) is 3.78. The van der Waals surface area contributed by atoms with Crippen LogP contribution in [0, 0.1) is 10.1 Å². The van der Waals surface area contributed by atoms with E-state index in [4.69, 9.17) is 14.2 Å². The van der Waals surface area contributed by atoms with Gasteiger partial charge in [0.15, 0.2) is 0 Å². The molecular weight excluding hydrogens is 456 g/mol. The zero-order chi connectivity index (χ0) is 25.4. The SMILES string of the molecule is CCOC(=O)C1=C(CO)NC(C)=C(C(=O)OCCOc2ccccc2)C1c1cccc([N+](=O)[O-])c1. The third kappa shape index (κ3) is 6.04. The lowest BCUT2D eigenvalue weighted by molar-refractivity contribution is -0.384. The first-order chi connectivity index (χ1) is 16.9. The van der Waals surface area contributed by atoms with Crippen molar-refractivity contribution in [2.24, 2.45) is 0 Å². The minimum absolute atomic E-state index is 0.0204. The molecule has 0 fully saturated rings. The Morgan fingerprint density at radius 2 is 1.74 bits per heavy atom. The summed E-state index contributed by atoms with van der Waals surface area (Å²) in [5.41, 5.74) is 0.630. The number of rotatable bonds is 10. The Hall–Kier alpha value is -4.18. The third-order valence-electron chi connectivity index (χ3n) is 5.26. The first-order valence-electron chi connectivity index (χ1n) is 11.0. The highest BCUT2D eigenvalue weighted by Gasteiger charge is 2.39. The predicted molar refractivity (Wildman–Crippen MR) is 125 cm³/mol. The van der Waals surface area contributed by atoms with Crippen molar-refractivity contribution >= 4 is 17.6 Å². The fraction of sp³-hybridized carbons (Fsp3) is 0.280. The maximum atomic E-state index is 13.2. The molecule has 1 unspecified atom stereocenters. The van der Waals surface area contributed by atoms with E-state index >= 15 is 0 Å². The highest BCUT2D eigenvalue weighted by Crippen LogP contribution is 2.40. The number of hydrogen-bond donors (Lipinski definition) is 2. The quantitative estimate of drug-likeness (QED) is 0.227. The summed E-state index contributed by atoms with van der Waals surface area (Å²) >= 11 is 0. The number of allylic oxidation sites excluding steroid dienone is 1. The molecule has 0 spiro atoms. The van der Waals surface area contributed by atoms with Crippen LogP contribution >= 0.6 is 0 Å². The molecule has 10 nitrogen and oxygen atoms in total. The summed E-state index contributed by atoms with van der Waals surface area (Å²) < 4.78 is 16.2. The molecule has 2 N–H and O–H groups in total. The zero-order valence-electron chi connectivity index (χ0n) is 19.4. The Morgan fingerprint density at radius 1 is 1.03 bits per heavy atom. The van der Waals surface area contributed by atoms with Gasteiger partial charge in [-0.25, -0.2) is 9.59 Å². The van der Waals surface area contributed by atoms with Crippen LogP contribution in [-0.4, -0.2) is 48.4 Å². The molecule has 2 aromatic carbocycles. The molecule has 35 heavy (non-hydrogen) atoms. The molecule has 0 bridgehead atoms. The van der Waals surface area contributed by atoms with Crippen molar-refractivity contribution in [3.05, 3.63) is 92.8 Å². The largest absolute Gasteiger partial charge is 0.490 e. The summed E-state index contributed by atoms with van der Waals surface area (Å²) in [7, 11) is 0.